The van der Waals surface area contributed by atoms with Crippen LogP contribution in [0, 0.1) is 5.92 Å². The Labute approximate surface area is 60.7 Å². The summed E-state index contributed by atoms with van der Waals surface area (Å²) < 4.78 is 0. The monoisotopic (exact) mass is 130 g/mol. The van der Waals surface area contributed by atoms with Crippen molar-refractivity contribution in [2.24, 2.45) is 5.92 Å². The molecule has 0 saturated carbocycles. The van der Waals surface area contributed by atoms with E-state index in [4.69, 9.17) is 0 Å². The highest BCUT2D eigenvalue weighted by atomic mass is 13.9. The van der Waals surface area contributed by atoms with E-state index < -0.39 is 0 Å². The largest absolute Gasteiger partial charge is 0.0683 e. The quantitative estimate of drug-likeness (QED) is 0.544. The molecule has 0 amide bonds. The van der Waals surface area contributed by atoms with Gasteiger partial charge in [0.1, 0.15) is 0 Å². The first-order chi connectivity index (χ1) is 4.27. The van der Waals surface area contributed by atoms with Gasteiger partial charge in [-0.05, 0) is 5.92 Å². The van der Waals surface area contributed by atoms with Crippen LogP contribution in [0.1, 0.15) is 53.9 Å². The van der Waals surface area contributed by atoms with Crippen molar-refractivity contribution in [2.75, 3.05) is 0 Å². The molecule has 0 rings (SSSR count). The zero-order valence-corrected chi connectivity index (χ0v) is 7.70. The topological polar surface area (TPSA) is 0 Å². The third kappa shape index (κ3) is 18.0. The zero-order chi connectivity index (χ0) is 7.70. The molecule has 0 atom stereocenters. The van der Waals surface area contributed by atoms with Crippen molar-refractivity contribution in [1.82, 2.24) is 0 Å². The van der Waals surface area contributed by atoms with E-state index >= 15 is 0 Å². The van der Waals surface area contributed by atoms with Crippen molar-refractivity contribution in [3.05, 3.63) is 0 Å². The third-order valence-corrected chi connectivity index (χ3v) is 1.14. The van der Waals surface area contributed by atoms with Gasteiger partial charge in [-0.25, -0.2) is 0 Å². The van der Waals surface area contributed by atoms with Crippen LogP contribution in [0.15, 0.2) is 0 Å². The van der Waals surface area contributed by atoms with E-state index in [1.54, 1.807) is 0 Å². The second-order valence-electron chi connectivity index (χ2n) is 2.54. The first kappa shape index (κ1) is 11.8. The molecule has 0 N–H and O–H groups in total. The highest BCUT2D eigenvalue weighted by molar-refractivity contribution is 4.42. The third-order valence-electron chi connectivity index (χ3n) is 1.14. The first-order valence-corrected chi connectivity index (χ1v) is 4.27. The van der Waals surface area contributed by atoms with E-state index in [-0.39, 0.29) is 0 Å². The second kappa shape index (κ2) is 10.9. The van der Waals surface area contributed by atoms with Crippen LogP contribution in [0.2, 0.25) is 0 Å². The molecule has 0 unspecified atom stereocenters. The summed E-state index contributed by atoms with van der Waals surface area (Å²) in [5.41, 5.74) is 0. The molecule has 0 heteroatoms. The van der Waals surface area contributed by atoms with Gasteiger partial charge in [0.05, 0.1) is 0 Å². The highest BCUT2D eigenvalue weighted by Gasteiger charge is 1.88. The van der Waals surface area contributed by atoms with Crippen LogP contribution in [0.3, 0.4) is 0 Å². The van der Waals surface area contributed by atoms with Crippen molar-refractivity contribution in [3.63, 3.8) is 0 Å². The van der Waals surface area contributed by atoms with Gasteiger partial charge in [0, 0.05) is 0 Å². The average molecular weight is 130 g/mol. The average Bonchev–Trinajstić information content (AvgIpc) is 1.88. The molecular formula is C9H22. The van der Waals surface area contributed by atoms with E-state index in [9.17, 15) is 0 Å². The Hall–Kier alpha value is 0. The van der Waals surface area contributed by atoms with Gasteiger partial charge in [-0.2, -0.15) is 0 Å². The molecule has 58 valence electrons. The van der Waals surface area contributed by atoms with Crippen LogP contribution in [0.5, 0.6) is 0 Å². The van der Waals surface area contributed by atoms with E-state index in [0.717, 1.165) is 5.92 Å². The molecule has 0 bridgehead atoms. The molecule has 0 heterocycles. The maximum absolute atomic E-state index is 2.27. The predicted molar refractivity (Wildman–Crippen MR) is 45.7 cm³/mol. The number of unbranched alkanes of at least 4 members (excludes halogenated alkanes) is 1. The summed E-state index contributed by atoms with van der Waals surface area (Å²) in [5.74, 6) is 0.903. The summed E-state index contributed by atoms with van der Waals surface area (Å²) in [5, 5.41) is 0. The van der Waals surface area contributed by atoms with E-state index in [0.29, 0.717) is 0 Å². The van der Waals surface area contributed by atoms with Crippen molar-refractivity contribution >= 4 is 0 Å². The lowest BCUT2D eigenvalue weighted by Gasteiger charge is -1.98. The molecular weight excluding hydrogens is 108 g/mol. The molecule has 0 aromatic rings. The summed E-state index contributed by atoms with van der Waals surface area (Å²) in [6, 6.07) is 0. The Morgan fingerprint density at radius 3 is 1.67 bits per heavy atom. The van der Waals surface area contributed by atoms with Gasteiger partial charge in [-0.15, -0.1) is 0 Å². The predicted octanol–water partition coefficient (Wildman–Crippen LogP) is 3.86. The molecule has 0 saturated heterocycles. The summed E-state index contributed by atoms with van der Waals surface area (Å²) >= 11 is 0. The van der Waals surface area contributed by atoms with Gasteiger partial charge in [-0.3, -0.25) is 0 Å². The van der Waals surface area contributed by atoms with Gasteiger partial charge < -0.3 is 0 Å². The van der Waals surface area contributed by atoms with Crippen LogP contribution < -0.4 is 0 Å². The molecule has 0 nitrogen and oxygen atoms in total. The maximum atomic E-state index is 2.27. The van der Waals surface area contributed by atoms with Crippen LogP contribution in [-0.2, 0) is 0 Å². The summed E-state index contributed by atoms with van der Waals surface area (Å²) in [7, 11) is 0. The normalized spacial score (nSPS) is 8.67. The Balaban J connectivity index is 0. The molecule has 0 radical (unpaired) electrons. The number of rotatable bonds is 3. The smallest absolute Gasteiger partial charge is 0.0471 e. The van der Waals surface area contributed by atoms with Crippen molar-refractivity contribution < 1.29 is 0 Å². The van der Waals surface area contributed by atoms with E-state index in [1.165, 1.54) is 19.3 Å². The molecule has 9 heavy (non-hydrogen) atoms. The lowest BCUT2D eigenvalue weighted by atomic mass is 10.1. The Bertz CT molecular complexity index is 29.0. The van der Waals surface area contributed by atoms with Gasteiger partial charge in [0.15, 0.2) is 0 Å². The second-order valence-corrected chi connectivity index (χ2v) is 2.54. The fourth-order valence-electron chi connectivity index (χ4n) is 0.612. The Morgan fingerprint density at radius 2 is 1.56 bits per heavy atom. The fraction of sp³-hybridized carbons (Fsp3) is 1.00. The molecule has 0 aliphatic carbocycles. The number of hydrogen-bond donors (Lipinski definition) is 0. The Kier molecular flexibility index (Phi) is 14.2. The molecule has 0 aliphatic rings. The van der Waals surface area contributed by atoms with Crippen molar-refractivity contribution in [2.45, 2.75) is 53.9 Å². The van der Waals surface area contributed by atoms with Gasteiger partial charge in [0.25, 0.3) is 0 Å². The summed E-state index contributed by atoms with van der Waals surface area (Å²) in [6.45, 7) is 10.8. The lowest BCUT2D eigenvalue weighted by molar-refractivity contribution is 0.550. The van der Waals surface area contributed by atoms with E-state index in [2.05, 4.69) is 20.8 Å². The van der Waals surface area contributed by atoms with Crippen molar-refractivity contribution in [3.8, 4) is 0 Å². The van der Waals surface area contributed by atoms with Gasteiger partial charge >= 0.3 is 0 Å². The standard InChI is InChI=1S/C7H16.C2H6/c1-4-5-6-7(2)3;1-2/h7H,4-6H2,1-3H3;1-2H3. The van der Waals surface area contributed by atoms with Crippen molar-refractivity contribution in [1.29, 1.82) is 0 Å². The minimum absolute atomic E-state index is 0.903. The number of hydrogen-bond acceptors (Lipinski definition) is 0. The summed E-state index contributed by atoms with van der Waals surface area (Å²) in [6.07, 6.45) is 4.15. The van der Waals surface area contributed by atoms with Gasteiger partial charge in [-0.1, -0.05) is 53.9 Å². The van der Waals surface area contributed by atoms with Crippen LogP contribution in [-0.4, -0.2) is 0 Å². The summed E-state index contributed by atoms with van der Waals surface area (Å²) in [4.78, 5) is 0. The fourth-order valence-corrected chi connectivity index (χ4v) is 0.612. The first-order valence-electron chi connectivity index (χ1n) is 4.27. The molecule has 0 aliphatic heterocycles. The molecule has 0 aromatic heterocycles. The minimum Gasteiger partial charge on any atom is -0.0683 e. The van der Waals surface area contributed by atoms with Crippen LogP contribution in [0.25, 0.3) is 0 Å². The molecule has 0 spiro atoms. The van der Waals surface area contributed by atoms with Crippen LogP contribution >= 0.6 is 0 Å². The lowest BCUT2D eigenvalue weighted by Crippen LogP contribution is -1.83. The molecule has 0 aromatic carbocycles. The maximum Gasteiger partial charge on any atom is -0.0471 e. The molecule has 0 fully saturated rings. The highest BCUT2D eigenvalue weighted by Crippen LogP contribution is 2.04. The van der Waals surface area contributed by atoms with E-state index in [1.807, 2.05) is 13.8 Å². The zero-order valence-electron chi connectivity index (χ0n) is 7.70. The van der Waals surface area contributed by atoms with Crippen LogP contribution in [0.4, 0.5) is 0 Å². The SMILES string of the molecule is CC.CCCCC(C)C. The van der Waals surface area contributed by atoms with Gasteiger partial charge in [0.2, 0.25) is 0 Å². The minimum atomic E-state index is 0.903. The Morgan fingerprint density at radius 1 is 1.11 bits per heavy atom.